The van der Waals surface area contributed by atoms with E-state index in [4.69, 9.17) is 5.11 Å². The predicted octanol–water partition coefficient (Wildman–Crippen LogP) is -3.00. The predicted molar refractivity (Wildman–Crippen MR) is 33.3 cm³/mol. The molecule has 0 bridgehead atoms. The normalized spacial score (nSPS) is 9.82. The topological polar surface area (TPSA) is 69.6 Å². The molecule has 71 valence electrons. The Morgan fingerprint density at radius 3 is 1.73 bits per heavy atom. The summed E-state index contributed by atoms with van der Waals surface area (Å²) in [4.78, 5) is 1.67. The van der Waals surface area contributed by atoms with E-state index in [9.17, 15) is 10.2 Å². The van der Waals surface area contributed by atoms with Crippen LogP contribution in [0, 0.1) is 0 Å². The Morgan fingerprint density at radius 2 is 1.45 bits per heavy atom. The maximum atomic E-state index is 10.1. The fourth-order valence-corrected chi connectivity index (χ4v) is 0.735. The van der Waals surface area contributed by atoms with Gasteiger partial charge in [-0.2, -0.15) is 0 Å². The molecule has 0 aromatic rings. The standard InChI is InChI=1S/C6H13NO3.Cu/c8-4-1-7(2-5-9)3-6-10;/h8H,1-6H2;/q-2;+2. The summed E-state index contributed by atoms with van der Waals surface area (Å²) in [6, 6.07) is 0. The first kappa shape index (κ1) is 13.9. The van der Waals surface area contributed by atoms with Crippen LogP contribution in [-0.2, 0) is 17.1 Å². The van der Waals surface area contributed by atoms with Crippen molar-refractivity contribution in [3.63, 3.8) is 0 Å². The Bertz CT molecular complexity index is 60.6. The van der Waals surface area contributed by atoms with E-state index in [1.165, 1.54) is 0 Å². The molecule has 4 nitrogen and oxygen atoms in total. The second-order valence-corrected chi connectivity index (χ2v) is 1.97. The molecular formula is C6H13CuNO3. The van der Waals surface area contributed by atoms with Gasteiger partial charge in [-0.3, -0.25) is 0 Å². The number of hydrogen-bond donors (Lipinski definition) is 1. The summed E-state index contributed by atoms with van der Waals surface area (Å²) in [5, 5.41) is 28.6. The van der Waals surface area contributed by atoms with Crippen LogP contribution in [0.25, 0.3) is 0 Å². The first-order valence-electron chi connectivity index (χ1n) is 3.34. The summed E-state index contributed by atoms with van der Waals surface area (Å²) in [6.45, 7) is 0.760. The molecule has 0 aromatic heterocycles. The van der Waals surface area contributed by atoms with Gasteiger partial charge in [-0.05, 0) is 13.1 Å². The van der Waals surface area contributed by atoms with Crippen LogP contribution in [0.3, 0.4) is 0 Å². The Morgan fingerprint density at radius 1 is 1.00 bits per heavy atom. The molecule has 0 spiro atoms. The minimum atomic E-state index is -0.208. The number of nitrogens with zero attached hydrogens (tertiary/aromatic N) is 1. The average molecular weight is 211 g/mol. The molecule has 0 rings (SSSR count). The van der Waals surface area contributed by atoms with Crippen molar-refractivity contribution in [3.05, 3.63) is 0 Å². The molecule has 0 aromatic carbocycles. The number of rotatable bonds is 6. The van der Waals surface area contributed by atoms with Gasteiger partial charge in [0.25, 0.3) is 0 Å². The van der Waals surface area contributed by atoms with E-state index >= 15 is 0 Å². The van der Waals surface area contributed by atoms with E-state index in [0.717, 1.165) is 0 Å². The zero-order valence-electron chi connectivity index (χ0n) is 6.26. The van der Waals surface area contributed by atoms with Crippen molar-refractivity contribution in [1.29, 1.82) is 0 Å². The van der Waals surface area contributed by atoms with Crippen LogP contribution in [0.5, 0.6) is 0 Å². The number of aliphatic hydroxyl groups excluding tert-OH is 1. The van der Waals surface area contributed by atoms with E-state index in [1.807, 2.05) is 0 Å². The monoisotopic (exact) mass is 210 g/mol. The molecule has 0 atom stereocenters. The SMILES string of the molecule is [Cu+2].[O-]CCN(CC[O-])CCO. The van der Waals surface area contributed by atoms with Crippen LogP contribution in [0.15, 0.2) is 0 Å². The van der Waals surface area contributed by atoms with Crippen molar-refractivity contribution in [1.82, 2.24) is 4.90 Å². The van der Waals surface area contributed by atoms with Gasteiger partial charge < -0.3 is 20.2 Å². The molecule has 0 saturated heterocycles. The Balaban J connectivity index is 0. The molecule has 0 saturated carbocycles. The molecule has 0 aliphatic rings. The van der Waals surface area contributed by atoms with Gasteiger partial charge in [0.05, 0.1) is 6.61 Å². The fourth-order valence-electron chi connectivity index (χ4n) is 0.735. The van der Waals surface area contributed by atoms with Crippen LogP contribution < -0.4 is 10.2 Å². The van der Waals surface area contributed by atoms with Gasteiger partial charge in [-0.25, -0.2) is 0 Å². The Hall–Kier alpha value is 0.359. The van der Waals surface area contributed by atoms with Crippen LogP contribution in [-0.4, -0.2) is 49.5 Å². The van der Waals surface area contributed by atoms with Crippen LogP contribution in [0.4, 0.5) is 0 Å². The summed E-state index contributed by atoms with van der Waals surface area (Å²) in [7, 11) is 0. The quantitative estimate of drug-likeness (QED) is 0.475. The van der Waals surface area contributed by atoms with E-state index in [-0.39, 0.29) is 36.9 Å². The van der Waals surface area contributed by atoms with Gasteiger partial charge in [-0.15, -0.1) is 13.2 Å². The van der Waals surface area contributed by atoms with Gasteiger partial charge in [0.1, 0.15) is 0 Å². The number of aliphatic hydroxyl groups is 1. The molecular weight excluding hydrogens is 198 g/mol. The van der Waals surface area contributed by atoms with Crippen LogP contribution in [0.1, 0.15) is 0 Å². The summed E-state index contributed by atoms with van der Waals surface area (Å²) < 4.78 is 0. The third-order valence-corrected chi connectivity index (χ3v) is 1.23. The van der Waals surface area contributed by atoms with Gasteiger partial charge in [0.2, 0.25) is 0 Å². The van der Waals surface area contributed by atoms with Crippen molar-refractivity contribution in [3.8, 4) is 0 Å². The third-order valence-electron chi connectivity index (χ3n) is 1.23. The summed E-state index contributed by atoms with van der Waals surface area (Å²) in [6.07, 6.45) is 0. The average Bonchev–Trinajstić information content (AvgIpc) is 1.90. The van der Waals surface area contributed by atoms with E-state index in [0.29, 0.717) is 19.6 Å². The molecule has 1 N–H and O–H groups in total. The minimum absolute atomic E-state index is 0. The molecule has 0 unspecified atom stereocenters. The van der Waals surface area contributed by atoms with Crippen LogP contribution >= 0.6 is 0 Å². The molecule has 0 heterocycles. The van der Waals surface area contributed by atoms with Crippen molar-refractivity contribution >= 4 is 0 Å². The van der Waals surface area contributed by atoms with E-state index in [2.05, 4.69) is 0 Å². The molecule has 0 aliphatic heterocycles. The maximum absolute atomic E-state index is 10.1. The Kier molecular flexibility index (Phi) is 13.1. The molecule has 5 heteroatoms. The zero-order valence-corrected chi connectivity index (χ0v) is 7.20. The first-order chi connectivity index (χ1) is 4.85. The molecule has 1 radical (unpaired) electrons. The van der Waals surface area contributed by atoms with Gasteiger partial charge in [-0.1, -0.05) is 0 Å². The molecule has 11 heavy (non-hydrogen) atoms. The van der Waals surface area contributed by atoms with Crippen molar-refractivity contribution in [2.45, 2.75) is 0 Å². The van der Waals surface area contributed by atoms with Gasteiger partial charge in [0, 0.05) is 6.54 Å². The maximum Gasteiger partial charge on any atom is 2.00 e. The summed E-state index contributed by atoms with van der Waals surface area (Å²) in [5.74, 6) is 0. The zero-order chi connectivity index (χ0) is 7.82. The first-order valence-corrected chi connectivity index (χ1v) is 3.34. The second kappa shape index (κ2) is 10.4. The largest absolute Gasteiger partial charge is 2.00 e. The van der Waals surface area contributed by atoms with E-state index < -0.39 is 0 Å². The Labute approximate surface area is 77.3 Å². The van der Waals surface area contributed by atoms with E-state index in [1.54, 1.807) is 4.90 Å². The molecule has 0 amide bonds. The van der Waals surface area contributed by atoms with Gasteiger partial charge >= 0.3 is 17.1 Å². The second-order valence-electron chi connectivity index (χ2n) is 1.97. The van der Waals surface area contributed by atoms with Crippen molar-refractivity contribution in [2.75, 3.05) is 39.5 Å². The number of hydrogen-bond acceptors (Lipinski definition) is 4. The summed E-state index contributed by atoms with van der Waals surface area (Å²) >= 11 is 0. The van der Waals surface area contributed by atoms with Crippen molar-refractivity contribution in [2.24, 2.45) is 0 Å². The fraction of sp³-hybridized carbons (Fsp3) is 1.00. The smallest absolute Gasteiger partial charge is 0.854 e. The molecule has 0 fully saturated rings. The third kappa shape index (κ3) is 8.26. The van der Waals surface area contributed by atoms with Crippen molar-refractivity contribution < 1.29 is 32.4 Å². The van der Waals surface area contributed by atoms with Crippen LogP contribution in [0.2, 0.25) is 0 Å². The minimum Gasteiger partial charge on any atom is -0.854 e. The summed E-state index contributed by atoms with van der Waals surface area (Å²) in [5.41, 5.74) is 0. The molecule has 0 aliphatic carbocycles. The van der Waals surface area contributed by atoms with Gasteiger partial charge in [0.15, 0.2) is 0 Å².